The number of nitrogens with one attached hydrogen (secondary N) is 1. The van der Waals surface area contributed by atoms with Gasteiger partial charge in [-0.25, -0.2) is 16.8 Å². The molecule has 2 aromatic carbocycles. The molecular weight excluding hydrogens is 448 g/mol. The Labute approximate surface area is 190 Å². The molecule has 0 spiro atoms. The predicted molar refractivity (Wildman–Crippen MR) is 126 cm³/mol. The first-order chi connectivity index (χ1) is 15.3. The number of benzene rings is 2. The van der Waals surface area contributed by atoms with Gasteiger partial charge in [-0.15, -0.1) is 0 Å². The largest absolute Gasteiger partial charge is 0.495 e. The van der Waals surface area contributed by atoms with Crippen LogP contribution in [0.25, 0.3) is 6.08 Å². The fourth-order valence-corrected chi connectivity index (χ4v) is 6.96. The zero-order valence-electron chi connectivity index (χ0n) is 18.1. The molecule has 1 fully saturated rings. The average Bonchev–Trinajstić information content (AvgIpc) is 3.09. The van der Waals surface area contributed by atoms with E-state index in [2.05, 4.69) is 4.72 Å². The highest BCUT2D eigenvalue weighted by Gasteiger charge is 2.28. The van der Waals surface area contributed by atoms with Gasteiger partial charge in [-0.05, 0) is 61.1 Å². The minimum absolute atomic E-state index is 0.0564. The Morgan fingerprint density at radius 3 is 2.34 bits per heavy atom. The molecule has 1 saturated heterocycles. The summed E-state index contributed by atoms with van der Waals surface area (Å²) in [5.41, 5.74) is 2.10. The van der Waals surface area contributed by atoms with Gasteiger partial charge in [0.05, 0.1) is 22.6 Å². The highest BCUT2D eigenvalue weighted by molar-refractivity contribution is 7.96. The topological polar surface area (TPSA) is 92.8 Å². The van der Waals surface area contributed by atoms with Crippen molar-refractivity contribution in [3.8, 4) is 5.75 Å². The van der Waals surface area contributed by atoms with E-state index in [0.717, 1.165) is 36.8 Å². The molecule has 1 N–H and O–H groups in total. The Balaban J connectivity index is 1.66. The van der Waals surface area contributed by atoms with Gasteiger partial charge in [0.1, 0.15) is 5.75 Å². The summed E-state index contributed by atoms with van der Waals surface area (Å²) in [5, 5.41) is 0. The summed E-state index contributed by atoms with van der Waals surface area (Å²) in [6.45, 7) is 0.948. The highest BCUT2D eigenvalue weighted by atomic mass is 32.2. The van der Waals surface area contributed by atoms with Crippen LogP contribution >= 0.6 is 0 Å². The number of nitrogens with zero attached hydrogens (tertiary/aromatic N) is 1. The monoisotopic (exact) mass is 476 g/mol. The Morgan fingerprint density at radius 1 is 0.906 bits per heavy atom. The van der Waals surface area contributed by atoms with E-state index >= 15 is 0 Å². The van der Waals surface area contributed by atoms with Crippen LogP contribution in [0.2, 0.25) is 0 Å². The summed E-state index contributed by atoms with van der Waals surface area (Å²) in [7, 11) is -6.18. The molecule has 32 heavy (non-hydrogen) atoms. The standard InChI is InChI=1S/C23H28N2O5S2/c1-30-23-13-12-21(32(28,29)25-14-6-2-3-7-15-25)17-22(23)24-31(26,27)20-11-10-18-8-4-5-9-19(18)16-20/h4-5,8-9,12-13,16-17,24H,2-3,6-7,10-11,14-15H2,1H3. The van der Waals surface area contributed by atoms with Crippen molar-refractivity contribution >= 4 is 31.8 Å². The summed E-state index contributed by atoms with van der Waals surface area (Å²) >= 11 is 0. The van der Waals surface area contributed by atoms with Crippen LogP contribution in [0.15, 0.2) is 52.3 Å². The van der Waals surface area contributed by atoms with E-state index in [4.69, 9.17) is 4.74 Å². The number of hydrogen-bond donors (Lipinski definition) is 1. The molecule has 172 valence electrons. The molecular formula is C23H28N2O5S2. The van der Waals surface area contributed by atoms with Crippen molar-refractivity contribution in [1.82, 2.24) is 4.31 Å². The summed E-state index contributed by atoms with van der Waals surface area (Å²) in [4.78, 5) is 0.319. The second kappa shape index (κ2) is 9.25. The third-order valence-electron chi connectivity index (χ3n) is 5.98. The smallest absolute Gasteiger partial charge is 0.258 e. The number of ether oxygens (including phenoxy) is 1. The van der Waals surface area contributed by atoms with Crippen LogP contribution in [-0.4, -0.2) is 41.3 Å². The Kier molecular flexibility index (Phi) is 6.60. The van der Waals surface area contributed by atoms with Crippen molar-refractivity contribution in [3.63, 3.8) is 0 Å². The van der Waals surface area contributed by atoms with E-state index < -0.39 is 20.0 Å². The van der Waals surface area contributed by atoms with Gasteiger partial charge in [0.25, 0.3) is 10.0 Å². The van der Waals surface area contributed by atoms with E-state index in [0.29, 0.717) is 25.9 Å². The molecule has 0 amide bonds. The van der Waals surface area contributed by atoms with Crippen molar-refractivity contribution in [2.24, 2.45) is 0 Å². The van der Waals surface area contributed by atoms with Gasteiger partial charge in [-0.2, -0.15) is 4.31 Å². The first kappa shape index (κ1) is 22.8. The zero-order valence-corrected chi connectivity index (χ0v) is 19.7. The van der Waals surface area contributed by atoms with Gasteiger partial charge in [-0.3, -0.25) is 4.72 Å². The SMILES string of the molecule is COc1ccc(S(=O)(=O)N2CCCCCC2)cc1NS(=O)(=O)C1=Cc2ccccc2CC1. The third kappa shape index (κ3) is 4.69. The quantitative estimate of drug-likeness (QED) is 0.681. The number of hydrogen-bond acceptors (Lipinski definition) is 5. The molecule has 1 heterocycles. The summed E-state index contributed by atoms with van der Waals surface area (Å²) in [6.07, 6.45) is 6.35. The summed E-state index contributed by atoms with van der Waals surface area (Å²) in [6, 6.07) is 12.0. The molecule has 2 aromatic rings. The van der Waals surface area contributed by atoms with Crippen LogP contribution in [-0.2, 0) is 26.5 Å². The van der Waals surface area contributed by atoms with E-state index in [1.165, 1.54) is 29.6 Å². The molecule has 2 aliphatic rings. The zero-order chi connectivity index (χ0) is 22.8. The molecule has 1 aliphatic heterocycles. The summed E-state index contributed by atoms with van der Waals surface area (Å²) in [5.74, 6) is 0.264. The van der Waals surface area contributed by atoms with Crippen LogP contribution in [0.4, 0.5) is 5.69 Å². The maximum atomic E-state index is 13.2. The molecule has 7 nitrogen and oxygen atoms in total. The predicted octanol–water partition coefficient (Wildman–Crippen LogP) is 3.99. The first-order valence-corrected chi connectivity index (χ1v) is 13.7. The number of anilines is 1. The Hall–Kier alpha value is -2.36. The second-order valence-electron chi connectivity index (χ2n) is 8.10. The average molecular weight is 477 g/mol. The molecule has 0 unspecified atom stereocenters. The van der Waals surface area contributed by atoms with Crippen molar-refractivity contribution in [3.05, 3.63) is 58.5 Å². The van der Waals surface area contributed by atoms with Crippen molar-refractivity contribution in [2.45, 2.75) is 43.4 Å². The van der Waals surface area contributed by atoms with Crippen LogP contribution < -0.4 is 9.46 Å². The van der Waals surface area contributed by atoms with Crippen LogP contribution in [0, 0.1) is 0 Å². The molecule has 0 bridgehead atoms. The van der Waals surface area contributed by atoms with E-state index in [-0.39, 0.29) is 21.2 Å². The molecule has 9 heteroatoms. The van der Waals surface area contributed by atoms with E-state index in [1.807, 2.05) is 24.3 Å². The molecule has 0 atom stereocenters. The lowest BCUT2D eigenvalue weighted by Crippen LogP contribution is -2.32. The van der Waals surface area contributed by atoms with Crippen molar-refractivity contribution in [1.29, 1.82) is 0 Å². The Bertz CT molecular complexity index is 1230. The van der Waals surface area contributed by atoms with E-state index in [9.17, 15) is 16.8 Å². The fourth-order valence-electron chi connectivity index (χ4n) is 4.19. The van der Waals surface area contributed by atoms with Gasteiger partial charge in [0.15, 0.2) is 0 Å². The normalized spacial score (nSPS) is 17.7. The van der Waals surface area contributed by atoms with Gasteiger partial charge >= 0.3 is 0 Å². The van der Waals surface area contributed by atoms with Crippen LogP contribution in [0.5, 0.6) is 5.75 Å². The number of rotatable bonds is 6. The lowest BCUT2D eigenvalue weighted by molar-refractivity contribution is 0.415. The lowest BCUT2D eigenvalue weighted by Gasteiger charge is -2.22. The molecule has 0 saturated carbocycles. The minimum Gasteiger partial charge on any atom is -0.495 e. The maximum Gasteiger partial charge on any atom is 0.258 e. The maximum absolute atomic E-state index is 13.2. The Morgan fingerprint density at radius 2 is 1.62 bits per heavy atom. The number of methoxy groups -OCH3 is 1. The minimum atomic E-state index is -3.88. The van der Waals surface area contributed by atoms with Gasteiger partial charge in [-0.1, -0.05) is 37.1 Å². The molecule has 1 aliphatic carbocycles. The first-order valence-electron chi connectivity index (χ1n) is 10.8. The molecule has 0 aromatic heterocycles. The molecule has 4 rings (SSSR count). The number of allylic oxidation sites excluding steroid dienone is 1. The second-order valence-corrected chi connectivity index (χ2v) is 11.8. The fraction of sp³-hybridized carbons (Fsp3) is 0.391. The third-order valence-corrected chi connectivity index (χ3v) is 9.37. The molecule has 0 radical (unpaired) electrons. The van der Waals surface area contributed by atoms with E-state index in [1.54, 1.807) is 6.08 Å². The van der Waals surface area contributed by atoms with Crippen molar-refractivity contribution < 1.29 is 21.6 Å². The number of fused-ring (bicyclic) bond motifs is 1. The van der Waals surface area contributed by atoms with Crippen LogP contribution in [0.3, 0.4) is 0 Å². The van der Waals surface area contributed by atoms with Crippen LogP contribution in [0.1, 0.15) is 43.2 Å². The van der Waals surface area contributed by atoms with Gasteiger partial charge in [0, 0.05) is 13.1 Å². The van der Waals surface area contributed by atoms with Gasteiger partial charge < -0.3 is 4.74 Å². The number of aryl methyl sites for hydroxylation is 1. The van der Waals surface area contributed by atoms with Crippen molar-refractivity contribution in [2.75, 3.05) is 24.9 Å². The highest BCUT2D eigenvalue weighted by Crippen LogP contribution is 2.33. The lowest BCUT2D eigenvalue weighted by atomic mass is 9.98. The van der Waals surface area contributed by atoms with Gasteiger partial charge in [0.2, 0.25) is 10.0 Å². The number of sulfonamides is 2. The summed E-state index contributed by atoms with van der Waals surface area (Å²) < 4.78 is 62.0.